The molecule has 1 aromatic rings. The van der Waals surface area contributed by atoms with E-state index < -0.39 is 34.0 Å². The van der Waals surface area contributed by atoms with Crippen molar-refractivity contribution >= 4 is 23.1 Å². The molecule has 0 fully saturated rings. The van der Waals surface area contributed by atoms with Gasteiger partial charge in [-0.15, -0.1) is 0 Å². The average Bonchev–Trinajstić information content (AvgIpc) is 2.08. The van der Waals surface area contributed by atoms with Gasteiger partial charge in [-0.3, -0.25) is 0 Å². The van der Waals surface area contributed by atoms with E-state index in [1.54, 1.807) is 0 Å². The molecule has 0 saturated carbocycles. The van der Waals surface area contributed by atoms with Crippen LogP contribution in [0.5, 0.6) is 0 Å². The molecule has 0 spiro atoms. The number of hydrogen-bond donors (Lipinski definition) is 2. The molecule has 0 atom stereocenters. The van der Waals surface area contributed by atoms with Gasteiger partial charge in [0.05, 0.1) is 5.69 Å². The topological polar surface area (TPSA) is 88.7 Å². The average molecular weight is 237 g/mol. The molecule has 4 N–H and O–H groups in total. The second-order valence-corrected chi connectivity index (χ2v) is 2.92. The predicted octanol–water partition coefficient (Wildman–Crippen LogP) is 1.79. The molecule has 0 aliphatic rings. The second-order valence-electron chi connectivity index (χ2n) is 2.56. The van der Waals surface area contributed by atoms with Gasteiger partial charge >= 0.3 is 6.18 Å². The highest BCUT2D eigenvalue weighted by Crippen LogP contribution is 2.39. The fraction of sp³-hybridized carbons (Fsp3) is 0.143. The summed E-state index contributed by atoms with van der Waals surface area (Å²) in [6.07, 6.45) is -4.80. The number of pyridine rings is 1. The summed E-state index contributed by atoms with van der Waals surface area (Å²) in [4.78, 5) is 3.31. The lowest BCUT2D eigenvalue weighted by atomic mass is 10.1. The van der Waals surface area contributed by atoms with Crippen molar-refractivity contribution in [1.29, 1.82) is 5.26 Å². The van der Waals surface area contributed by atoms with Crippen molar-refractivity contribution in [3.63, 3.8) is 0 Å². The number of nitriles is 1. The third kappa shape index (κ3) is 1.89. The van der Waals surface area contributed by atoms with E-state index in [0.29, 0.717) is 0 Å². The van der Waals surface area contributed by atoms with E-state index >= 15 is 0 Å². The van der Waals surface area contributed by atoms with Gasteiger partial charge < -0.3 is 11.5 Å². The van der Waals surface area contributed by atoms with Crippen molar-refractivity contribution in [2.24, 2.45) is 0 Å². The lowest BCUT2D eigenvalue weighted by Crippen LogP contribution is -2.15. The largest absolute Gasteiger partial charge is 0.419 e. The SMILES string of the molecule is N#Cc1c(Cl)nc(N)c(N)c1C(F)(F)F. The maximum atomic E-state index is 12.5. The highest BCUT2D eigenvalue weighted by atomic mass is 35.5. The van der Waals surface area contributed by atoms with Crippen molar-refractivity contribution < 1.29 is 13.2 Å². The standard InChI is InChI=1S/C7H4ClF3N4/c8-5-2(1-12)3(7(9,10)11)4(13)6(14)15-5/h13H2,(H2,14,15). The lowest BCUT2D eigenvalue weighted by molar-refractivity contribution is -0.137. The summed E-state index contributed by atoms with van der Waals surface area (Å²) >= 11 is 5.34. The van der Waals surface area contributed by atoms with E-state index in [4.69, 9.17) is 28.3 Å². The van der Waals surface area contributed by atoms with E-state index in [1.165, 1.54) is 6.07 Å². The van der Waals surface area contributed by atoms with Gasteiger partial charge in [-0.05, 0) is 0 Å². The number of hydrogen-bond acceptors (Lipinski definition) is 4. The fourth-order valence-electron chi connectivity index (χ4n) is 0.984. The summed E-state index contributed by atoms with van der Waals surface area (Å²) < 4.78 is 37.4. The Balaban J connectivity index is 3.68. The monoisotopic (exact) mass is 236 g/mol. The van der Waals surface area contributed by atoms with E-state index in [9.17, 15) is 13.2 Å². The minimum absolute atomic E-state index is 0.550. The van der Waals surface area contributed by atoms with Gasteiger partial charge in [0, 0.05) is 0 Å². The molecule has 0 unspecified atom stereocenters. The molecule has 1 heterocycles. The number of aromatic nitrogens is 1. The smallest absolute Gasteiger partial charge is 0.395 e. The second kappa shape index (κ2) is 3.47. The lowest BCUT2D eigenvalue weighted by Gasteiger charge is -2.13. The molecule has 1 aromatic heterocycles. The van der Waals surface area contributed by atoms with Crippen LogP contribution in [0.1, 0.15) is 11.1 Å². The maximum absolute atomic E-state index is 12.5. The number of nitrogens with two attached hydrogens (primary N) is 2. The van der Waals surface area contributed by atoms with Crippen LogP contribution < -0.4 is 11.5 Å². The highest BCUT2D eigenvalue weighted by Gasteiger charge is 2.38. The molecule has 80 valence electrons. The molecule has 0 amide bonds. The normalized spacial score (nSPS) is 11.1. The molecular formula is C7H4ClF3N4. The molecule has 0 aliphatic carbocycles. The summed E-state index contributed by atoms with van der Waals surface area (Å²) in [5, 5.41) is 7.89. The quantitative estimate of drug-likeness (QED) is 0.672. The van der Waals surface area contributed by atoms with E-state index in [1.807, 2.05) is 0 Å². The van der Waals surface area contributed by atoms with Crippen LogP contribution in [0, 0.1) is 11.3 Å². The van der Waals surface area contributed by atoms with Gasteiger partial charge in [0.25, 0.3) is 0 Å². The molecule has 0 aliphatic heterocycles. The Morgan fingerprint density at radius 3 is 2.27 bits per heavy atom. The molecule has 0 radical (unpaired) electrons. The van der Waals surface area contributed by atoms with Crippen molar-refractivity contribution in [3.8, 4) is 6.07 Å². The maximum Gasteiger partial charge on any atom is 0.419 e. The summed E-state index contributed by atoms with van der Waals surface area (Å²) in [6, 6.07) is 1.29. The van der Waals surface area contributed by atoms with E-state index in [2.05, 4.69) is 4.98 Å². The van der Waals surface area contributed by atoms with Gasteiger partial charge in [-0.2, -0.15) is 18.4 Å². The highest BCUT2D eigenvalue weighted by molar-refractivity contribution is 6.31. The van der Waals surface area contributed by atoms with Crippen LogP contribution in [0.3, 0.4) is 0 Å². The molecule has 0 bridgehead atoms. The Bertz CT molecular complexity index is 449. The van der Waals surface area contributed by atoms with Crippen molar-refractivity contribution in [2.45, 2.75) is 6.18 Å². The first-order chi connectivity index (χ1) is 6.79. The van der Waals surface area contributed by atoms with E-state index in [0.717, 1.165) is 0 Å². The fourth-order valence-corrected chi connectivity index (χ4v) is 1.21. The Kier molecular flexibility index (Phi) is 2.64. The molecular weight excluding hydrogens is 233 g/mol. The number of nitrogen functional groups attached to an aromatic ring is 2. The third-order valence-corrected chi connectivity index (χ3v) is 1.89. The summed E-state index contributed by atoms with van der Waals surface area (Å²) in [6.45, 7) is 0. The van der Waals surface area contributed by atoms with Gasteiger partial charge in [-0.1, -0.05) is 11.6 Å². The van der Waals surface area contributed by atoms with Crippen LogP contribution in [0.2, 0.25) is 5.15 Å². The van der Waals surface area contributed by atoms with Crippen molar-refractivity contribution in [2.75, 3.05) is 11.5 Å². The third-order valence-electron chi connectivity index (χ3n) is 1.62. The van der Waals surface area contributed by atoms with E-state index in [-0.39, 0.29) is 0 Å². The van der Waals surface area contributed by atoms with Crippen LogP contribution in [0.25, 0.3) is 0 Å². The van der Waals surface area contributed by atoms with Crippen molar-refractivity contribution in [3.05, 3.63) is 16.3 Å². The zero-order chi connectivity index (χ0) is 11.8. The predicted molar refractivity (Wildman–Crippen MR) is 47.8 cm³/mol. The summed E-state index contributed by atoms with van der Waals surface area (Å²) in [7, 11) is 0. The van der Waals surface area contributed by atoms with Crippen LogP contribution in [-0.4, -0.2) is 4.98 Å². The first-order valence-electron chi connectivity index (χ1n) is 3.50. The van der Waals surface area contributed by atoms with Crippen LogP contribution in [-0.2, 0) is 6.18 Å². The van der Waals surface area contributed by atoms with Crippen LogP contribution in [0.4, 0.5) is 24.7 Å². The zero-order valence-electron chi connectivity index (χ0n) is 7.06. The zero-order valence-corrected chi connectivity index (χ0v) is 7.82. The molecule has 4 nitrogen and oxygen atoms in total. The van der Waals surface area contributed by atoms with Gasteiger partial charge in [0.2, 0.25) is 0 Å². The number of anilines is 2. The summed E-state index contributed by atoms with van der Waals surface area (Å²) in [5.41, 5.74) is 7.25. The number of halogens is 4. The molecule has 0 saturated heterocycles. The first-order valence-corrected chi connectivity index (χ1v) is 3.88. The van der Waals surface area contributed by atoms with Crippen LogP contribution in [0.15, 0.2) is 0 Å². The molecule has 8 heteroatoms. The minimum atomic E-state index is -4.80. The summed E-state index contributed by atoms with van der Waals surface area (Å²) in [5.74, 6) is -0.550. The van der Waals surface area contributed by atoms with Gasteiger partial charge in [0.1, 0.15) is 28.2 Å². The Morgan fingerprint density at radius 2 is 1.87 bits per heavy atom. The minimum Gasteiger partial charge on any atom is -0.395 e. The number of rotatable bonds is 0. The Hall–Kier alpha value is -1.68. The molecule has 0 aromatic carbocycles. The molecule has 1 rings (SSSR count). The van der Waals surface area contributed by atoms with Gasteiger partial charge in [-0.25, -0.2) is 4.98 Å². The van der Waals surface area contributed by atoms with Crippen LogP contribution >= 0.6 is 11.6 Å². The Labute approximate surface area is 87.3 Å². The number of nitrogens with zero attached hydrogens (tertiary/aromatic N) is 2. The number of alkyl halides is 3. The Morgan fingerprint density at radius 1 is 1.33 bits per heavy atom. The molecule has 15 heavy (non-hydrogen) atoms. The first kappa shape index (κ1) is 11.4. The van der Waals surface area contributed by atoms with Crippen molar-refractivity contribution in [1.82, 2.24) is 4.98 Å². The van der Waals surface area contributed by atoms with Gasteiger partial charge in [0.15, 0.2) is 0 Å².